The SMILES string of the molecule is COCCNCC(=O)N1CCC(NS(=O)(=O)c2ccc(F)cc2)CC1. The minimum Gasteiger partial charge on any atom is -0.383 e. The fourth-order valence-electron chi connectivity index (χ4n) is 2.63. The van der Waals surface area contributed by atoms with E-state index in [1.807, 2.05) is 0 Å². The van der Waals surface area contributed by atoms with Gasteiger partial charge in [0.25, 0.3) is 0 Å². The van der Waals surface area contributed by atoms with E-state index in [1.54, 1.807) is 12.0 Å². The minimum absolute atomic E-state index is 0.00375. The molecule has 0 atom stereocenters. The second-order valence-corrected chi connectivity index (χ2v) is 7.61. The van der Waals surface area contributed by atoms with Crippen LogP contribution in [0.25, 0.3) is 0 Å². The number of piperidine rings is 1. The van der Waals surface area contributed by atoms with Crippen LogP contribution >= 0.6 is 0 Å². The quantitative estimate of drug-likeness (QED) is 0.642. The van der Waals surface area contributed by atoms with Crippen LogP contribution in [0.1, 0.15) is 12.8 Å². The molecular formula is C16H24FN3O4S. The van der Waals surface area contributed by atoms with Crippen LogP contribution < -0.4 is 10.0 Å². The van der Waals surface area contributed by atoms with Crippen molar-refractivity contribution < 1.29 is 22.3 Å². The van der Waals surface area contributed by atoms with Crippen LogP contribution in [0.5, 0.6) is 0 Å². The van der Waals surface area contributed by atoms with Crippen LogP contribution in [0.15, 0.2) is 29.2 Å². The van der Waals surface area contributed by atoms with E-state index in [2.05, 4.69) is 10.0 Å². The van der Waals surface area contributed by atoms with E-state index in [-0.39, 0.29) is 23.4 Å². The molecule has 1 saturated heterocycles. The summed E-state index contributed by atoms with van der Waals surface area (Å²) in [5.41, 5.74) is 0. The van der Waals surface area contributed by atoms with E-state index in [9.17, 15) is 17.6 Å². The van der Waals surface area contributed by atoms with Crippen molar-refractivity contribution >= 4 is 15.9 Å². The van der Waals surface area contributed by atoms with Gasteiger partial charge in [0, 0.05) is 32.8 Å². The number of halogens is 1. The van der Waals surface area contributed by atoms with Crippen molar-refractivity contribution in [2.24, 2.45) is 0 Å². The second kappa shape index (κ2) is 9.23. The number of hydrogen-bond acceptors (Lipinski definition) is 5. The number of methoxy groups -OCH3 is 1. The van der Waals surface area contributed by atoms with Crippen LogP contribution in [0.2, 0.25) is 0 Å². The van der Waals surface area contributed by atoms with Gasteiger partial charge in [-0.2, -0.15) is 0 Å². The number of ether oxygens (including phenoxy) is 1. The zero-order valence-electron chi connectivity index (χ0n) is 14.2. The zero-order chi connectivity index (χ0) is 18.3. The first-order valence-electron chi connectivity index (χ1n) is 8.17. The van der Waals surface area contributed by atoms with Crippen molar-refractivity contribution in [3.8, 4) is 0 Å². The van der Waals surface area contributed by atoms with Crippen molar-refractivity contribution in [3.63, 3.8) is 0 Å². The highest BCUT2D eigenvalue weighted by molar-refractivity contribution is 7.89. The average Bonchev–Trinajstić information content (AvgIpc) is 2.59. The number of nitrogens with zero attached hydrogens (tertiary/aromatic N) is 1. The number of nitrogens with one attached hydrogen (secondary N) is 2. The second-order valence-electron chi connectivity index (χ2n) is 5.90. The van der Waals surface area contributed by atoms with Crippen molar-refractivity contribution in [3.05, 3.63) is 30.1 Å². The van der Waals surface area contributed by atoms with E-state index < -0.39 is 15.8 Å². The Kier molecular flexibility index (Phi) is 7.30. The number of amides is 1. The van der Waals surface area contributed by atoms with Gasteiger partial charge in [0.2, 0.25) is 15.9 Å². The molecule has 1 aliphatic heterocycles. The fraction of sp³-hybridized carbons (Fsp3) is 0.562. The lowest BCUT2D eigenvalue weighted by atomic mass is 10.1. The third-order valence-corrected chi connectivity index (χ3v) is 5.59. The van der Waals surface area contributed by atoms with Gasteiger partial charge < -0.3 is 15.0 Å². The maximum absolute atomic E-state index is 12.9. The molecule has 1 aliphatic rings. The molecule has 2 N–H and O–H groups in total. The van der Waals surface area contributed by atoms with Gasteiger partial charge in [-0.25, -0.2) is 17.5 Å². The molecule has 0 aliphatic carbocycles. The standard InChI is InChI=1S/C16H24FN3O4S/c1-24-11-8-18-12-16(21)20-9-6-14(7-10-20)19-25(22,23)15-4-2-13(17)3-5-15/h2-5,14,18-19H,6-12H2,1H3. The monoisotopic (exact) mass is 373 g/mol. The molecule has 1 aromatic rings. The predicted octanol–water partition coefficient (Wildman–Crippen LogP) is 0.331. The molecule has 0 radical (unpaired) electrons. The molecule has 1 amide bonds. The average molecular weight is 373 g/mol. The Morgan fingerprint density at radius 3 is 2.52 bits per heavy atom. The fourth-order valence-corrected chi connectivity index (χ4v) is 3.93. The smallest absolute Gasteiger partial charge is 0.240 e. The third-order valence-electron chi connectivity index (χ3n) is 4.05. The molecule has 140 valence electrons. The number of rotatable bonds is 8. The molecular weight excluding hydrogens is 349 g/mol. The number of sulfonamides is 1. The Labute approximate surface area is 147 Å². The maximum Gasteiger partial charge on any atom is 0.240 e. The summed E-state index contributed by atoms with van der Waals surface area (Å²) in [6.07, 6.45) is 1.09. The Balaban J connectivity index is 1.80. The first kappa shape index (κ1) is 19.8. The first-order chi connectivity index (χ1) is 11.9. The summed E-state index contributed by atoms with van der Waals surface area (Å²) in [5, 5.41) is 3.00. The van der Waals surface area contributed by atoms with Crippen molar-refractivity contribution in [2.45, 2.75) is 23.8 Å². The Bertz CT molecular complexity index is 658. The normalized spacial score (nSPS) is 16.2. The Morgan fingerprint density at radius 2 is 1.92 bits per heavy atom. The molecule has 0 unspecified atom stereocenters. The predicted molar refractivity (Wildman–Crippen MR) is 91.1 cm³/mol. The molecule has 25 heavy (non-hydrogen) atoms. The van der Waals surface area contributed by atoms with Gasteiger partial charge in [-0.05, 0) is 37.1 Å². The molecule has 1 fully saturated rings. The molecule has 9 heteroatoms. The first-order valence-corrected chi connectivity index (χ1v) is 9.66. The lowest BCUT2D eigenvalue weighted by Gasteiger charge is -2.32. The topological polar surface area (TPSA) is 87.7 Å². The summed E-state index contributed by atoms with van der Waals surface area (Å²) in [5.74, 6) is -0.485. The van der Waals surface area contributed by atoms with Gasteiger partial charge in [0.05, 0.1) is 18.0 Å². The van der Waals surface area contributed by atoms with Gasteiger partial charge in [0.15, 0.2) is 0 Å². The van der Waals surface area contributed by atoms with Gasteiger partial charge in [-0.3, -0.25) is 4.79 Å². The summed E-state index contributed by atoms with van der Waals surface area (Å²) in [7, 11) is -2.08. The molecule has 7 nitrogen and oxygen atoms in total. The number of hydrogen-bond donors (Lipinski definition) is 2. The number of likely N-dealkylation sites (tertiary alicyclic amines) is 1. The van der Waals surface area contributed by atoms with Crippen molar-refractivity contribution in [1.29, 1.82) is 0 Å². The summed E-state index contributed by atoms with van der Waals surface area (Å²) in [6.45, 7) is 2.40. The largest absolute Gasteiger partial charge is 0.383 e. The zero-order valence-corrected chi connectivity index (χ0v) is 15.0. The third kappa shape index (κ3) is 6.03. The maximum atomic E-state index is 12.9. The van der Waals surface area contributed by atoms with Gasteiger partial charge in [-0.15, -0.1) is 0 Å². The summed E-state index contributed by atoms with van der Waals surface area (Å²) in [6, 6.07) is 4.48. The van der Waals surface area contributed by atoms with Gasteiger partial charge in [0.1, 0.15) is 5.82 Å². The molecule has 0 bridgehead atoms. The molecule has 0 spiro atoms. The van der Waals surface area contributed by atoms with E-state index >= 15 is 0 Å². The number of carbonyl (C=O) groups is 1. The van der Waals surface area contributed by atoms with Crippen LogP contribution in [0.3, 0.4) is 0 Å². The summed E-state index contributed by atoms with van der Waals surface area (Å²) in [4.78, 5) is 13.8. The summed E-state index contributed by atoms with van der Waals surface area (Å²) >= 11 is 0. The van der Waals surface area contributed by atoms with Gasteiger partial charge >= 0.3 is 0 Å². The Morgan fingerprint density at radius 1 is 1.28 bits per heavy atom. The number of benzene rings is 1. The van der Waals surface area contributed by atoms with Crippen molar-refractivity contribution in [1.82, 2.24) is 14.9 Å². The van der Waals surface area contributed by atoms with Crippen molar-refractivity contribution in [2.75, 3.05) is 39.9 Å². The minimum atomic E-state index is -3.68. The van der Waals surface area contributed by atoms with Crippen LogP contribution in [0.4, 0.5) is 4.39 Å². The van der Waals surface area contributed by atoms with Gasteiger partial charge in [-0.1, -0.05) is 0 Å². The molecule has 1 heterocycles. The number of carbonyl (C=O) groups excluding carboxylic acids is 1. The molecule has 0 saturated carbocycles. The van der Waals surface area contributed by atoms with E-state index in [0.29, 0.717) is 39.1 Å². The highest BCUT2D eigenvalue weighted by atomic mass is 32.2. The van der Waals surface area contributed by atoms with E-state index in [0.717, 1.165) is 12.1 Å². The lowest BCUT2D eigenvalue weighted by Crippen LogP contribution is -2.48. The van der Waals surface area contributed by atoms with E-state index in [4.69, 9.17) is 4.74 Å². The Hall–Kier alpha value is -1.55. The summed E-state index contributed by atoms with van der Waals surface area (Å²) < 4.78 is 45.0. The molecule has 0 aromatic heterocycles. The van der Waals surface area contributed by atoms with Crippen LogP contribution in [0, 0.1) is 5.82 Å². The highest BCUT2D eigenvalue weighted by Crippen LogP contribution is 2.15. The molecule has 1 aromatic carbocycles. The van der Waals surface area contributed by atoms with E-state index in [1.165, 1.54) is 12.1 Å². The van der Waals surface area contributed by atoms with Crippen LogP contribution in [-0.4, -0.2) is 65.2 Å². The highest BCUT2D eigenvalue weighted by Gasteiger charge is 2.26. The lowest BCUT2D eigenvalue weighted by molar-refractivity contribution is -0.131. The van der Waals surface area contributed by atoms with Crippen LogP contribution in [-0.2, 0) is 19.6 Å². The molecule has 2 rings (SSSR count).